The number of carbonyl (C=O) groups is 1. The number of anilines is 1. The fourth-order valence-electron chi connectivity index (χ4n) is 1.57. The fourth-order valence-corrected chi connectivity index (χ4v) is 1.57. The van der Waals surface area contributed by atoms with Gasteiger partial charge < -0.3 is 9.84 Å². The van der Waals surface area contributed by atoms with Crippen LogP contribution < -0.4 is 5.32 Å². The molecule has 0 saturated carbocycles. The lowest BCUT2D eigenvalue weighted by molar-refractivity contribution is -0.115. The zero-order chi connectivity index (χ0) is 12.4. The predicted molar refractivity (Wildman–Crippen MR) is 61.6 cm³/mol. The third-order valence-corrected chi connectivity index (χ3v) is 2.61. The molecule has 0 spiro atoms. The molecule has 90 valence electrons. The quantitative estimate of drug-likeness (QED) is 0.843. The third-order valence-electron chi connectivity index (χ3n) is 2.61. The molecule has 0 unspecified atom stereocenters. The van der Waals surface area contributed by atoms with E-state index in [0.29, 0.717) is 11.6 Å². The molecule has 0 bridgehead atoms. The molecular formula is C11H14N4O2. The highest BCUT2D eigenvalue weighted by molar-refractivity contribution is 5.92. The molecule has 0 atom stereocenters. The summed E-state index contributed by atoms with van der Waals surface area (Å²) in [5.74, 6) is 1.19. The van der Waals surface area contributed by atoms with Gasteiger partial charge in [-0.2, -0.15) is 5.10 Å². The van der Waals surface area contributed by atoms with Crippen LogP contribution in [0.25, 0.3) is 0 Å². The van der Waals surface area contributed by atoms with Crippen molar-refractivity contribution in [1.82, 2.24) is 15.4 Å². The second-order valence-corrected chi connectivity index (χ2v) is 3.96. The van der Waals surface area contributed by atoms with E-state index in [-0.39, 0.29) is 12.3 Å². The number of H-pyrrole nitrogens is 1. The molecule has 17 heavy (non-hydrogen) atoms. The van der Waals surface area contributed by atoms with Crippen molar-refractivity contribution in [2.45, 2.75) is 27.2 Å². The third kappa shape index (κ3) is 2.35. The molecule has 0 saturated heterocycles. The van der Waals surface area contributed by atoms with E-state index in [1.807, 2.05) is 13.8 Å². The Kier molecular flexibility index (Phi) is 2.95. The number of carbonyl (C=O) groups excluding carboxylic acids is 1. The fraction of sp³-hybridized carbons (Fsp3) is 0.364. The van der Waals surface area contributed by atoms with Gasteiger partial charge in [-0.1, -0.05) is 5.16 Å². The lowest BCUT2D eigenvalue weighted by Gasteiger charge is -2.03. The van der Waals surface area contributed by atoms with Gasteiger partial charge in [0.15, 0.2) is 0 Å². The van der Waals surface area contributed by atoms with Crippen molar-refractivity contribution in [2.24, 2.45) is 0 Å². The van der Waals surface area contributed by atoms with Crippen LogP contribution in [0.2, 0.25) is 0 Å². The lowest BCUT2D eigenvalue weighted by atomic mass is 10.1. The highest BCUT2D eigenvalue weighted by atomic mass is 16.5. The number of hydrogen-bond acceptors (Lipinski definition) is 4. The first-order valence-corrected chi connectivity index (χ1v) is 5.29. The van der Waals surface area contributed by atoms with Crippen LogP contribution >= 0.6 is 0 Å². The van der Waals surface area contributed by atoms with Crippen molar-refractivity contribution in [1.29, 1.82) is 0 Å². The number of aryl methyl sites for hydroxylation is 3. The van der Waals surface area contributed by atoms with Gasteiger partial charge >= 0.3 is 0 Å². The van der Waals surface area contributed by atoms with Gasteiger partial charge in [-0.25, -0.2) is 0 Å². The highest BCUT2D eigenvalue weighted by Crippen LogP contribution is 2.14. The molecule has 1 amide bonds. The van der Waals surface area contributed by atoms with Crippen LogP contribution in [0.5, 0.6) is 0 Å². The van der Waals surface area contributed by atoms with Crippen LogP contribution in [0.1, 0.15) is 22.6 Å². The lowest BCUT2D eigenvalue weighted by Crippen LogP contribution is -2.16. The second-order valence-electron chi connectivity index (χ2n) is 3.96. The number of aromatic nitrogens is 3. The minimum absolute atomic E-state index is 0.119. The summed E-state index contributed by atoms with van der Waals surface area (Å²) in [6, 6.07) is 0. The maximum Gasteiger partial charge on any atom is 0.230 e. The summed E-state index contributed by atoms with van der Waals surface area (Å²) in [5, 5.41) is 13.1. The summed E-state index contributed by atoms with van der Waals surface area (Å²) in [7, 11) is 0. The second kappa shape index (κ2) is 4.40. The predicted octanol–water partition coefficient (Wildman–Crippen LogP) is 1.50. The van der Waals surface area contributed by atoms with Crippen molar-refractivity contribution in [3.8, 4) is 0 Å². The molecule has 0 aromatic carbocycles. The summed E-state index contributed by atoms with van der Waals surface area (Å²) in [4.78, 5) is 11.8. The summed E-state index contributed by atoms with van der Waals surface area (Å²) in [5.41, 5.74) is 2.48. The van der Waals surface area contributed by atoms with Crippen LogP contribution in [0.15, 0.2) is 10.7 Å². The topological polar surface area (TPSA) is 83.8 Å². The Bertz CT molecular complexity index is 522. The Morgan fingerprint density at radius 1 is 1.47 bits per heavy atom. The molecule has 0 aliphatic heterocycles. The maximum atomic E-state index is 11.8. The zero-order valence-electron chi connectivity index (χ0n) is 10.00. The van der Waals surface area contributed by atoms with Gasteiger partial charge in [0.25, 0.3) is 0 Å². The standard InChI is InChI=1S/C11H14N4O2/c1-6-5-12-14-11(6)13-10(16)4-9-7(2)15-17-8(9)3/h5H,4H2,1-3H3,(H2,12,13,14,16). The number of rotatable bonds is 3. The van der Waals surface area contributed by atoms with Crippen molar-refractivity contribution in [3.05, 3.63) is 28.8 Å². The molecule has 0 aliphatic carbocycles. The molecule has 2 rings (SSSR count). The summed E-state index contributed by atoms with van der Waals surface area (Å²) in [6.45, 7) is 5.49. The Morgan fingerprint density at radius 2 is 2.24 bits per heavy atom. The monoisotopic (exact) mass is 234 g/mol. The molecule has 2 aromatic rings. The van der Waals surface area contributed by atoms with Crippen molar-refractivity contribution < 1.29 is 9.32 Å². The van der Waals surface area contributed by atoms with E-state index in [1.165, 1.54) is 0 Å². The smallest absolute Gasteiger partial charge is 0.230 e. The average Bonchev–Trinajstić information content (AvgIpc) is 2.80. The van der Waals surface area contributed by atoms with Crippen molar-refractivity contribution >= 4 is 11.7 Å². The van der Waals surface area contributed by atoms with E-state index in [9.17, 15) is 4.79 Å². The van der Waals surface area contributed by atoms with Crippen molar-refractivity contribution in [3.63, 3.8) is 0 Å². The Labute approximate surface area is 98.4 Å². The van der Waals surface area contributed by atoms with Crippen LogP contribution in [-0.2, 0) is 11.2 Å². The van der Waals surface area contributed by atoms with Gasteiger partial charge in [0.1, 0.15) is 11.6 Å². The molecule has 0 radical (unpaired) electrons. The van der Waals surface area contributed by atoms with E-state index in [0.717, 1.165) is 16.8 Å². The minimum atomic E-state index is -0.119. The van der Waals surface area contributed by atoms with Crippen LogP contribution in [0.3, 0.4) is 0 Å². The van der Waals surface area contributed by atoms with Crippen molar-refractivity contribution in [2.75, 3.05) is 5.32 Å². The van der Waals surface area contributed by atoms with E-state index < -0.39 is 0 Å². The molecule has 2 N–H and O–H groups in total. The van der Waals surface area contributed by atoms with Gasteiger partial charge in [0, 0.05) is 11.1 Å². The van der Waals surface area contributed by atoms with Gasteiger partial charge in [-0.15, -0.1) is 0 Å². The largest absolute Gasteiger partial charge is 0.361 e. The normalized spacial score (nSPS) is 10.5. The van der Waals surface area contributed by atoms with E-state index >= 15 is 0 Å². The van der Waals surface area contributed by atoms with Gasteiger partial charge in [-0.05, 0) is 20.8 Å². The number of nitrogens with zero attached hydrogens (tertiary/aromatic N) is 2. The van der Waals surface area contributed by atoms with Crippen LogP contribution in [0, 0.1) is 20.8 Å². The molecule has 2 aromatic heterocycles. The van der Waals surface area contributed by atoms with E-state index in [2.05, 4.69) is 20.7 Å². The van der Waals surface area contributed by atoms with E-state index in [4.69, 9.17) is 4.52 Å². The van der Waals surface area contributed by atoms with Gasteiger partial charge in [-0.3, -0.25) is 9.89 Å². The van der Waals surface area contributed by atoms with Crippen LogP contribution in [-0.4, -0.2) is 21.3 Å². The molecule has 0 fully saturated rings. The Balaban J connectivity index is 2.06. The number of hydrogen-bond donors (Lipinski definition) is 2. The SMILES string of the molecule is Cc1cn[nH]c1NC(=O)Cc1c(C)noc1C. The van der Waals surface area contributed by atoms with E-state index in [1.54, 1.807) is 13.1 Å². The summed E-state index contributed by atoms with van der Waals surface area (Å²) < 4.78 is 5.00. The first-order chi connectivity index (χ1) is 8.08. The molecular weight excluding hydrogens is 220 g/mol. The first kappa shape index (κ1) is 11.4. The van der Waals surface area contributed by atoms with Crippen LogP contribution in [0.4, 0.5) is 5.82 Å². The molecule has 6 heteroatoms. The number of amides is 1. The number of nitrogens with one attached hydrogen (secondary N) is 2. The summed E-state index contributed by atoms with van der Waals surface area (Å²) >= 11 is 0. The van der Waals surface area contributed by atoms with Gasteiger partial charge in [0.05, 0.1) is 18.3 Å². The summed E-state index contributed by atoms with van der Waals surface area (Å²) in [6.07, 6.45) is 1.91. The molecule has 0 aliphatic rings. The number of aromatic amines is 1. The van der Waals surface area contributed by atoms with Gasteiger partial charge in [0.2, 0.25) is 5.91 Å². The molecule has 2 heterocycles. The molecule has 6 nitrogen and oxygen atoms in total. The minimum Gasteiger partial charge on any atom is -0.361 e. The Morgan fingerprint density at radius 3 is 2.76 bits per heavy atom. The zero-order valence-corrected chi connectivity index (χ0v) is 10.00. The first-order valence-electron chi connectivity index (χ1n) is 5.29. The maximum absolute atomic E-state index is 11.8. The average molecular weight is 234 g/mol. The Hall–Kier alpha value is -2.11. The highest BCUT2D eigenvalue weighted by Gasteiger charge is 2.14.